The first-order chi connectivity index (χ1) is 18.4. The summed E-state index contributed by atoms with van der Waals surface area (Å²) in [4.78, 5) is 25.2. The van der Waals surface area contributed by atoms with Crippen LogP contribution in [0.15, 0.2) is 107 Å². The Morgan fingerprint density at radius 1 is 0.763 bits per heavy atom. The third-order valence-electron chi connectivity index (χ3n) is 7.45. The van der Waals surface area contributed by atoms with Crippen LogP contribution in [0.3, 0.4) is 0 Å². The summed E-state index contributed by atoms with van der Waals surface area (Å²) in [6.07, 6.45) is 0.882. The Labute approximate surface area is 221 Å². The van der Waals surface area contributed by atoms with Crippen LogP contribution in [0.4, 0.5) is 5.69 Å². The molecule has 2 aliphatic heterocycles. The van der Waals surface area contributed by atoms with Crippen LogP contribution in [0.1, 0.15) is 28.4 Å². The number of rotatable bonds is 5. The molecule has 2 unspecified atom stereocenters. The maximum atomic E-state index is 13.5. The quantitative estimate of drug-likeness (QED) is 0.413. The Balaban J connectivity index is 1.15. The number of fused-ring (bicyclic) bond motifs is 4. The van der Waals surface area contributed by atoms with Gasteiger partial charge in [0.2, 0.25) is 10.0 Å². The van der Waals surface area contributed by atoms with E-state index in [4.69, 9.17) is 0 Å². The highest BCUT2D eigenvalue weighted by Crippen LogP contribution is 2.37. The van der Waals surface area contributed by atoms with Gasteiger partial charge in [-0.2, -0.15) is 4.31 Å². The highest BCUT2D eigenvalue weighted by Gasteiger charge is 2.39. The molecule has 1 saturated heterocycles. The molecule has 1 fully saturated rings. The molecule has 3 aromatic carbocycles. The van der Waals surface area contributed by atoms with Gasteiger partial charge >= 0.3 is 0 Å². The van der Waals surface area contributed by atoms with Crippen molar-refractivity contribution < 1.29 is 13.2 Å². The third kappa shape index (κ3) is 4.57. The van der Waals surface area contributed by atoms with E-state index < -0.39 is 10.0 Å². The van der Waals surface area contributed by atoms with Crippen molar-refractivity contribution in [2.24, 2.45) is 5.92 Å². The second-order valence-electron chi connectivity index (χ2n) is 9.94. The van der Waals surface area contributed by atoms with Crippen LogP contribution in [-0.2, 0) is 16.6 Å². The van der Waals surface area contributed by atoms with Gasteiger partial charge in [0, 0.05) is 48.6 Å². The van der Waals surface area contributed by atoms with E-state index in [2.05, 4.69) is 5.32 Å². The van der Waals surface area contributed by atoms with E-state index in [-0.39, 0.29) is 28.2 Å². The molecular formula is C30H27N3O4S. The van der Waals surface area contributed by atoms with Gasteiger partial charge in [0.1, 0.15) is 0 Å². The van der Waals surface area contributed by atoms with Crippen molar-refractivity contribution in [2.45, 2.75) is 23.8 Å². The summed E-state index contributed by atoms with van der Waals surface area (Å²) in [6.45, 7) is 1.27. The molecule has 2 aliphatic rings. The van der Waals surface area contributed by atoms with Crippen molar-refractivity contribution >= 4 is 21.6 Å². The molecular weight excluding hydrogens is 498 g/mol. The second kappa shape index (κ2) is 9.70. The zero-order valence-corrected chi connectivity index (χ0v) is 21.5. The normalized spacial score (nSPS) is 18.9. The number of anilines is 1. The van der Waals surface area contributed by atoms with Gasteiger partial charge in [0.25, 0.3) is 11.5 Å². The molecule has 0 aliphatic carbocycles. The van der Waals surface area contributed by atoms with Crippen LogP contribution in [-0.4, -0.2) is 36.3 Å². The molecule has 2 bridgehead atoms. The van der Waals surface area contributed by atoms with Crippen LogP contribution < -0.4 is 10.9 Å². The molecule has 0 saturated carbocycles. The molecule has 6 rings (SSSR count). The fraction of sp³-hybridized carbons (Fsp3) is 0.200. The average Bonchev–Trinajstić information content (AvgIpc) is 2.94. The number of sulfonamides is 1. The van der Waals surface area contributed by atoms with Crippen molar-refractivity contribution in [3.8, 4) is 11.1 Å². The largest absolute Gasteiger partial charge is 0.322 e. The number of hydrogen-bond acceptors (Lipinski definition) is 4. The van der Waals surface area contributed by atoms with Crippen LogP contribution >= 0.6 is 0 Å². The minimum absolute atomic E-state index is 0.00184. The lowest BCUT2D eigenvalue weighted by molar-refractivity contribution is 0.102. The van der Waals surface area contributed by atoms with Crippen LogP contribution in [0.25, 0.3) is 11.1 Å². The minimum Gasteiger partial charge on any atom is -0.322 e. The zero-order valence-electron chi connectivity index (χ0n) is 20.7. The lowest BCUT2D eigenvalue weighted by Crippen LogP contribution is -2.48. The van der Waals surface area contributed by atoms with Crippen molar-refractivity contribution in [1.82, 2.24) is 8.87 Å². The van der Waals surface area contributed by atoms with Crippen molar-refractivity contribution in [3.63, 3.8) is 0 Å². The summed E-state index contributed by atoms with van der Waals surface area (Å²) in [5.74, 6) is -0.168. The lowest BCUT2D eigenvalue weighted by Gasteiger charge is -2.42. The number of carbonyl (C=O) groups is 1. The zero-order chi connectivity index (χ0) is 26.3. The molecule has 8 heteroatoms. The first-order valence-corrected chi connectivity index (χ1v) is 14.1. The molecule has 0 spiro atoms. The van der Waals surface area contributed by atoms with E-state index in [1.165, 1.54) is 16.4 Å². The SMILES string of the molecule is O=C(Nc1ccc(S(=O)(=O)N2CC3CC(C2)c2cccc(=O)n2C3)cc1)c1ccc(-c2ccccc2)cc1. The number of nitrogens with one attached hydrogen (secondary N) is 1. The Morgan fingerprint density at radius 3 is 2.21 bits per heavy atom. The van der Waals surface area contributed by atoms with E-state index in [0.29, 0.717) is 30.9 Å². The predicted octanol–water partition coefficient (Wildman–Crippen LogP) is 4.58. The van der Waals surface area contributed by atoms with Crippen molar-refractivity contribution in [3.05, 3.63) is 119 Å². The average molecular weight is 526 g/mol. The highest BCUT2D eigenvalue weighted by molar-refractivity contribution is 7.89. The molecule has 1 amide bonds. The van der Waals surface area contributed by atoms with Crippen LogP contribution in [0, 0.1) is 5.92 Å². The van der Waals surface area contributed by atoms with E-state index in [1.54, 1.807) is 41.0 Å². The first kappa shape index (κ1) is 24.3. The third-order valence-corrected chi connectivity index (χ3v) is 9.30. The summed E-state index contributed by atoms with van der Waals surface area (Å²) < 4.78 is 30.3. The smallest absolute Gasteiger partial charge is 0.255 e. The molecule has 7 nitrogen and oxygen atoms in total. The topological polar surface area (TPSA) is 88.5 Å². The molecule has 4 aromatic rings. The Hall–Kier alpha value is -4.01. The van der Waals surface area contributed by atoms with Crippen molar-refractivity contribution in [1.29, 1.82) is 0 Å². The van der Waals surface area contributed by atoms with Crippen molar-refractivity contribution in [2.75, 3.05) is 18.4 Å². The summed E-state index contributed by atoms with van der Waals surface area (Å²) >= 11 is 0. The number of nitrogens with zero attached hydrogens (tertiary/aromatic N) is 2. The number of piperidine rings is 1. The summed E-state index contributed by atoms with van der Waals surface area (Å²) in [7, 11) is -3.71. The fourth-order valence-corrected chi connectivity index (χ4v) is 7.12. The number of carbonyl (C=O) groups excluding carboxylic acids is 1. The van der Waals surface area contributed by atoms with Gasteiger partial charge in [-0.05, 0) is 65.9 Å². The molecule has 1 N–H and O–H groups in total. The van der Waals surface area contributed by atoms with Crippen LogP contribution in [0.5, 0.6) is 0 Å². The Morgan fingerprint density at radius 2 is 1.47 bits per heavy atom. The molecule has 192 valence electrons. The number of hydrogen-bond donors (Lipinski definition) is 1. The van der Waals surface area contributed by atoms with E-state index in [1.807, 2.05) is 48.5 Å². The first-order valence-electron chi connectivity index (χ1n) is 12.7. The number of pyridine rings is 1. The minimum atomic E-state index is -3.71. The van der Waals surface area contributed by atoms with E-state index >= 15 is 0 Å². The Bertz CT molecular complexity index is 1650. The van der Waals surface area contributed by atoms with Gasteiger partial charge in [-0.25, -0.2) is 8.42 Å². The summed E-state index contributed by atoms with van der Waals surface area (Å²) in [5, 5.41) is 2.84. The van der Waals surface area contributed by atoms with Gasteiger partial charge in [0.15, 0.2) is 0 Å². The number of amides is 1. The monoisotopic (exact) mass is 525 g/mol. The molecule has 3 heterocycles. The Kier molecular flexibility index (Phi) is 6.21. The van der Waals surface area contributed by atoms with E-state index in [0.717, 1.165) is 23.2 Å². The maximum absolute atomic E-state index is 13.5. The maximum Gasteiger partial charge on any atom is 0.255 e. The summed E-state index contributed by atoms with van der Waals surface area (Å²) in [6, 6.07) is 28.8. The van der Waals surface area contributed by atoms with Gasteiger partial charge in [0.05, 0.1) is 4.90 Å². The summed E-state index contributed by atoms with van der Waals surface area (Å²) in [5.41, 5.74) is 4.01. The molecule has 38 heavy (non-hydrogen) atoms. The number of benzene rings is 3. The van der Waals surface area contributed by atoms with Gasteiger partial charge in [-0.15, -0.1) is 0 Å². The molecule has 1 aromatic heterocycles. The van der Waals surface area contributed by atoms with E-state index in [9.17, 15) is 18.0 Å². The number of aromatic nitrogens is 1. The van der Waals surface area contributed by atoms with Gasteiger partial charge < -0.3 is 9.88 Å². The molecule has 0 radical (unpaired) electrons. The second-order valence-corrected chi connectivity index (χ2v) is 11.9. The lowest BCUT2D eigenvalue weighted by atomic mass is 9.84. The standard InChI is InChI=1S/C30H27N3O4S/c34-29-8-4-7-28-25-17-21(19-33(28)29)18-32(20-25)38(36,37)27-15-13-26(14-16-27)31-30(35)24-11-9-23(10-12-24)22-5-2-1-3-6-22/h1-16,21,25H,17-20H2,(H,31,35). The van der Waals surface area contributed by atoms with Gasteiger partial charge in [-0.3, -0.25) is 9.59 Å². The molecule has 2 atom stereocenters. The van der Waals surface area contributed by atoms with Crippen LogP contribution in [0.2, 0.25) is 0 Å². The van der Waals surface area contributed by atoms with Gasteiger partial charge in [-0.1, -0.05) is 48.5 Å². The predicted molar refractivity (Wildman–Crippen MR) is 147 cm³/mol. The highest BCUT2D eigenvalue weighted by atomic mass is 32.2. The fourth-order valence-electron chi connectivity index (χ4n) is 5.56.